The fraction of sp³-hybridized carbons (Fsp3) is 0.286. The van der Waals surface area contributed by atoms with Gasteiger partial charge in [0.1, 0.15) is 19.6 Å². The second-order valence-corrected chi connectivity index (χ2v) is 2.08. The van der Waals surface area contributed by atoms with E-state index in [-0.39, 0.29) is 18.2 Å². The van der Waals surface area contributed by atoms with Crippen molar-refractivity contribution in [3.05, 3.63) is 18.1 Å². The van der Waals surface area contributed by atoms with Crippen molar-refractivity contribution >= 4 is 5.97 Å². The highest BCUT2D eigenvalue weighted by Crippen LogP contribution is 2.06. The molecule has 0 aliphatic heterocycles. The van der Waals surface area contributed by atoms with Gasteiger partial charge in [0.2, 0.25) is 5.88 Å². The number of ether oxygens (including phenoxy) is 1. The van der Waals surface area contributed by atoms with Crippen LogP contribution in [0.1, 0.15) is 10.5 Å². The Kier molecular flexibility index (Phi) is 3.13. The monoisotopic (exact) mass is 186 g/mol. The molecule has 1 heterocycles. The van der Waals surface area contributed by atoms with Crippen molar-refractivity contribution in [2.24, 2.45) is 0 Å². The molecule has 0 bridgehead atoms. The molecule has 0 aromatic carbocycles. The van der Waals surface area contributed by atoms with Gasteiger partial charge in [-0.2, -0.15) is 0 Å². The first-order valence-corrected chi connectivity index (χ1v) is 3.48. The summed E-state index contributed by atoms with van der Waals surface area (Å²) in [7, 11) is 0. The van der Waals surface area contributed by atoms with Gasteiger partial charge in [-0.15, -0.1) is 0 Å². The Hall–Kier alpha value is -1.72. The normalized spacial score (nSPS) is 9.62. The largest absolute Gasteiger partial charge is 0.477 e. The average Bonchev–Trinajstić information content (AvgIpc) is 2.15. The van der Waals surface area contributed by atoms with Gasteiger partial charge in [0.05, 0.1) is 0 Å². The molecule has 6 heteroatoms. The summed E-state index contributed by atoms with van der Waals surface area (Å²) >= 11 is 0. The Morgan fingerprint density at radius 3 is 3.00 bits per heavy atom. The third-order valence-corrected chi connectivity index (χ3v) is 1.19. The smallest absolute Gasteiger partial charge is 0.354 e. The molecule has 70 valence electrons. The maximum Gasteiger partial charge on any atom is 0.354 e. The molecular formula is C7H7FN2O3. The molecule has 1 rings (SSSR count). The lowest BCUT2D eigenvalue weighted by molar-refractivity contribution is 0.0689. The lowest BCUT2D eigenvalue weighted by Crippen LogP contribution is -2.04. The fourth-order valence-corrected chi connectivity index (χ4v) is 0.679. The van der Waals surface area contributed by atoms with Crippen molar-refractivity contribution < 1.29 is 19.0 Å². The van der Waals surface area contributed by atoms with E-state index in [1.54, 1.807) is 0 Å². The number of hydrogen-bond donors (Lipinski definition) is 1. The molecule has 13 heavy (non-hydrogen) atoms. The van der Waals surface area contributed by atoms with Crippen molar-refractivity contribution in [1.82, 2.24) is 9.97 Å². The minimum Gasteiger partial charge on any atom is -0.477 e. The van der Waals surface area contributed by atoms with Crippen molar-refractivity contribution in [3.63, 3.8) is 0 Å². The summed E-state index contributed by atoms with van der Waals surface area (Å²) in [5.41, 5.74) is -0.177. The molecular weight excluding hydrogens is 179 g/mol. The second-order valence-electron chi connectivity index (χ2n) is 2.08. The van der Waals surface area contributed by atoms with E-state index in [2.05, 4.69) is 9.97 Å². The topological polar surface area (TPSA) is 72.3 Å². The van der Waals surface area contributed by atoms with Crippen LogP contribution in [-0.2, 0) is 0 Å². The molecule has 0 unspecified atom stereocenters. The van der Waals surface area contributed by atoms with Crippen molar-refractivity contribution in [1.29, 1.82) is 0 Å². The zero-order chi connectivity index (χ0) is 9.68. The summed E-state index contributed by atoms with van der Waals surface area (Å²) in [6.07, 6.45) is 1.05. The summed E-state index contributed by atoms with van der Waals surface area (Å²) < 4.78 is 16.4. The molecule has 0 amide bonds. The van der Waals surface area contributed by atoms with Crippen LogP contribution >= 0.6 is 0 Å². The lowest BCUT2D eigenvalue weighted by Gasteiger charge is -2.01. The Morgan fingerprint density at radius 1 is 1.62 bits per heavy atom. The van der Waals surface area contributed by atoms with Crippen molar-refractivity contribution in [2.45, 2.75) is 0 Å². The minimum absolute atomic E-state index is 0.0602. The number of rotatable bonds is 4. The molecule has 0 aliphatic rings. The first kappa shape index (κ1) is 9.37. The third kappa shape index (κ3) is 2.66. The average molecular weight is 186 g/mol. The highest BCUT2D eigenvalue weighted by Gasteiger charge is 2.06. The van der Waals surface area contributed by atoms with Gasteiger partial charge < -0.3 is 9.84 Å². The van der Waals surface area contributed by atoms with E-state index in [1.165, 1.54) is 0 Å². The Labute approximate surface area is 73.2 Å². The van der Waals surface area contributed by atoms with Gasteiger partial charge in [-0.3, -0.25) is 0 Å². The van der Waals surface area contributed by atoms with E-state index in [0.29, 0.717) is 0 Å². The van der Waals surface area contributed by atoms with E-state index in [4.69, 9.17) is 9.84 Å². The summed E-state index contributed by atoms with van der Waals surface area (Å²) in [4.78, 5) is 17.5. The van der Waals surface area contributed by atoms with Gasteiger partial charge >= 0.3 is 5.97 Å². The summed E-state index contributed by atoms with van der Waals surface area (Å²) in [5.74, 6) is -1.11. The second kappa shape index (κ2) is 4.34. The van der Waals surface area contributed by atoms with Crippen LogP contribution in [0.4, 0.5) is 4.39 Å². The maximum absolute atomic E-state index is 11.7. The highest BCUT2D eigenvalue weighted by molar-refractivity contribution is 5.85. The van der Waals surface area contributed by atoms with Gasteiger partial charge in [0.25, 0.3) is 0 Å². The first-order chi connectivity index (χ1) is 6.24. The predicted molar refractivity (Wildman–Crippen MR) is 40.5 cm³/mol. The lowest BCUT2D eigenvalue weighted by atomic mass is 10.4. The predicted octanol–water partition coefficient (Wildman–Crippen LogP) is 0.523. The molecule has 0 spiro atoms. The van der Waals surface area contributed by atoms with E-state index in [9.17, 15) is 9.18 Å². The molecule has 1 N–H and O–H groups in total. The van der Waals surface area contributed by atoms with Gasteiger partial charge in [0.15, 0.2) is 5.69 Å². The molecule has 0 saturated heterocycles. The number of aromatic nitrogens is 2. The zero-order valence-electron chi connectivity index (χ0n) is 6.61. The van der Waals surface area contributed by atoms with E-state index in [1.807, 2.05) is 0 Å². The van der Waals surface area contributed by atoms with Crippen LogP contribution in [-0.4, -0.2) is 34.3 Å². The standard InChI is InChI=1S/C7H7FN2O3/c8-1-2-13-6-3-5(7(11)12)9-4-10-6/h3-4H,1-2H2,(H,11,12). The highest BCUT2D eigenvalue weighted by atomic mass is 19.1. The van der Waals surface area contributed by atoms with Gasteiger partial charge in [0, 0.05) is 6.07 Å². The minimum atomic E-state index is -1.17. The van der Waals surface area contributed by atoms with Crippen LogP contribution in [0, 0.1) is 0 Å². The van der Waals surface area contributed by atoms with E-state index >= 15 is 0 Å². The number of hydrogen-bond acceptors (Lipinski definition) is 4. The molecule has 0 atom stereocenters. The maximum atomic E-state index is 11.7. The number of carboxylic acids is 1. The van der Waals surface area contributed by atoms with E-state index in [0.717, 1.165) is 12.4 Å². The summed E-state index contributed by atoms with van der Waals surface area (Å²) in [6, 6.07) is 1.14. The Bertz CT molecular complexity index is 306. The first-order valence-electron chi connectivity index (χ1n) is 3.48. The number of alkyl halides is 1. The molecule has 5 nitrogen and oxygen atoms in total. The SMILES string of the molecule is O=C(O)c1cc(OCCF)ncn1. The van der Waals surface area contributed by atoms with Crippen LogP contribution in [0.5, 0.6) is 5.88 Å². The molecule has 0 saturated carbocycles. The molecule has 1 aromatic rings. The number of carbonyl (C=O) groups is 1. The number of nitrogens with zero attached hydrogens (tertiary/aromatic N) is 2. The van der Waals surface area contributed by atoms with Crippen LogP contribution in [0.25, 0.3) is 0 Å². The summed E-state index contributed by atoms with van der Waals surface area (Å²) in [5, 5.41) is 8.51. The molecule has 0 aliphatic carbocycles. The third-order valence-electron chi connectivity index (χ3n) is 1.19. The molecule has 0 radical (unpaired) electrons. The zero-order valence-corrected chi connectivity index (χ0v) is 6.61. The number of halogens is 1. The summed E-state index contributed by atoms with van der Waals surface area (Å²) in [6.45, 7) is -0.789. The van der Waals surface area contributed by atoms with Gasteiger partial charge in [-0.25, -0.2) is 19.2 Å². The quantitative estimate of drug-likeness (QED) is 0.742. The Balaban J connectivity index is 2.73. The van der Waals surface area contributed by atoms with Crippen LogP contribution < -0.4 is 4.74 Å². The molecule has 1 aromatic heterocycles. The Morgan fingerprint density at radius 2 is 2.38 bits per heavy atom. The van der Waals surface area contributed by atoms with Crippen molar-refractivity contribution in [2.75, 3.05) is 13.3 Å². The fourth-order valence-electron chi connectivity index (χ4n) is 0.679. The van der Waals surface area contributed by atoms with Crippen LogP contribution in [0.15, 0.2) is 12.4 Å². The van der Waals surface area contributed by atoms with E-state index < -0.39 is 12.6 Å². The molecule has 0 fully saturated rings. The van der Waals surface area contributed by atoms with Crippen molar-refractivity contribution in [3.8, 4) is 5.88 Å². The van der Waals surface area contributed by atoms with Crippen LogP contribution in [0.3, 0.4) is 0 Å². The van der Waals surface area contributed by atoms with Crippen LogP contribution in [0.2, 0.25) is 0 Å². The number of aromatic carboxylic acids is 1. The number of carboxylic acid groups (broad SMARTS) is 1. The van der Waals surface area contributed by atoms with Gasteiger partial charge in [-0.1, -0.05) is 0 Å². The van der Waals surface area contributed by atoms with Gasteiger partial charge in [-0.05, 0) is 0 Å².